The van der Waals surface area contributed by atoms with Crippen LogP contribution in [0.5, 0.6) is 5.75 Å². The number of benzene rings is 1. The van der Waals surface area contributed by atoms with Crippen LogP contribution in [0.1, 0.15) is 30.1 Å². The van der Waals surface area contributed by atoms with Gasteiger partial charge < -0.3 is 4.74 Å². The van der Waals surface area contributed by atoms with Gasteiger partial charge in [0.05, 0.1) is 19.2 Å². The van der Waals surface area contributed by atoms with Gasteiger partial charge in [-0.3, -0.25) is 9.69 Å². The summed E-state index contributed by atoms with van der Waals surface area (Å²) in [6, 6.07) is 4.06. The lowest BCUT2D eigenvalue weighted by Crippen LogP contribution is -2.31. The molecule has 3 nitrogen and oxygen atoms in total. The summed E-state index contributed by atoms with van der Waals surface area (Å²) in [4.78, 5) is 14.4. The molecule has 1 aliphatic carbocycles. The van der Waals surface area contributed by atoms with Crippen LogP contribution >= 0.6 is 0 Å². The van der Waals surface area contributed by atoms with Crippen molar-refractivity contribution in [3.05, 3.63) is 29.6 Å². The fourth-order valence-electron chi connectivity index (χ4n) is 2.16. The number of Topliss-reactive ketones (excluding diaryl/α,β-unsaturated/α-hetero) is 1. The van der Waals surface area contributed by atoms with Crippen molar-refractivity contribution >= 4 is 5.78 Å². The number of hydrogen-bond donors (Lipinski definition) is 0. The molecule has 1 fully saturated rings. The van der Waals surface area contributed by atoms with Crippen LogP contribution in [0.2, 0.25) is 0 Å². The normalized spacial score (nSPS) is 14.7. The Morgan fingerprint density at radius 3 is 2.79 bits per heavy atom. The van der Waals surface area contributed by atoms with Gasteiger partial charge in [-0.2, -0.15) is 0 Å². The Labute approximate surface area is 113 Å². The molecular weight excluding hydrogens is 245 g/mol. The summed E-state index contributed by atoms with van der Waals surface area (Å²) in [6.07, 6.45) is 2.52. The number of rotatable bonds is 7. The second-order valence-corrected chi connectivity index (χ2v) is 5.04. The van der Waals surface area contributed by atoms with E-state index in [4.69, 9.17) is 4.74 Å². The lowest BCUT2D eigenvalue weighted by molar-refractivity contribution is 0.0927. The molecule has 4 heteroatoms. The van der Waals surface area contributed by atoms with Crippen molar-refractivity contribution in [3.63, 3.8) is 0 Å². The molecule has 1 aromatic carbocycles. The number of hydrogen-bond acceptors (Lipinski definition) is 3. The minimum Gasteiger partial charge on any atom is -0.496 e. The zero-order valence-corrected chi connectivity index (χ0v) is 11.5. The summed E-state index contributed by atoms with van der Waals surface area (Å²) in [5, 5.41) is 0. The highest BCUT2D eigenvalue weighted by Crippen LogP contribution is 2.29. The molecule has 1 aliphatic rings. The molecule has 0 heterocycles. The van der Waals surface area contributed by atoms with E-state index in [1.54, 1.807) is 0 Å². The molecule has 0 saturated heterocycles. The summed E-state index contributed by atoms with van der Waals surface area (Å²) in [7, 11) is 1.49. The SMILES string of the molecule is CCN(CC(=O)c1cc(F)ccc1OC)CC1CC1. The van der Waals surface area contributed by atoms with E-state index in [-0.39, 0.29) is 5.78 Å². The van der Waals surface area contributed by atoms with Gasteiger partial charge in [-0.15, -0.1) is 0 Å². The van der Waals surface area contributed by atoms with Crippen LogP contribution in [0, 0.1) is 11.7 Å². The van der Waals surface area contributed by atoms with E-state index in [1.165, 1.54) is 38.2 Å². The number of methoxy groups -OCH3 is 1. The highest BCUT2D eigenvalue weighted by Gasteiger charge is 2.25. The van der Waals surface area contributed by atoms with Gasteiger partial charge in [-0.25, -0.2) is 4.39 Å². The summed E-state index contributed by atoms with van der Waals surface area (Å²) in [5.74, 6) is 0.685. The Morgan fingerprint density at radius 1 is 1.47 bits per heavy atom. The van der Waals surface area contributed by atoms with E-state index in [9.17, 15) is 9.18 Å². The van der Waals surface area contributed by atoms with Gasteiger partial charge in [0.2, 0.25) is 0 Å². The van der Waals surface area contributed by atoms with Crippen molar-refractivity contribution in [1.29, 1.82) is 0 Å². The van der Waals surface area contributed by atoms with Gasteiger partial charge in [0.1, 0.15) is 11.6 Å². The van der Waals surface area contributed by atoms with Crippen LogP contribution in [0.4, 0.5) is 4.39 Å². The molecule has 1 aromatic rings. The molecule has 1 saturated carbocycles. The second kappa shape index (κ2) is 6.15. The molecule has 0 spiro atoms. The Hall–Kier alpha value is -1.42. The number of carbonyl (C=O) groups is 1. The van der Waals surface area contributed by atoms with Gasteiger partial charge in [0, 0.05) is 6.54 Å². The third-order valence-corrected chi connectivity index (χ3v) is 3.49. The van der Waals surface area contributed by atoms with Crippen LogP contribution in [-0.4, -0.2) is 37.4 Å². The van der Waals surface area contributed by atoms with E-state index >= 15 is 0 Å². The van der Waals surface area contributed by atoms with E-state index in [0.717, 1.165) is 19.0 Å². The van der Waals surface area contributed by atoms with Crippen molar-refractivity contribution in [2.24, 2.45) is 5.92 Å². The van der Waals surface area contributed by atoms with Crippen molar-refractivity contribution in [2.45, 2.75) is 19.8 Å². The third kappa shape index (κ3) is 3.77. The van der Waals surface area contributed by atoms with Crippen LogP contribution in [0.25, 0.3) is 0 Å². The van der Waals surface area contributed by atoms with Crippen molar-refractivity contribution < 1.29 is 13.9 Å². The summed E-state index contributed by atoms with van der Waals surface area (Å²) >= 11 is 0. The van der Waals surface area contributed by atoms with Gasteiger partial charge in [-0.05, 0) is 43.5 Å². The third-order valence-electron chi connectivity index (χ3n) is 3.49. The first kappa shape index (κ1) is 14.0. The maximum Gasteiger partial charge on any atom is 0.180 e. The number of likely N-dealkylation sites (N-methyl/N-ethyl adjacent to an activating group) is 1. The minimum atomic E-state index is -0.408. The summed E-state index contributed by atoms with van der Waals surface area (Å²) in [6.45, 7) is 4.16. The zero-order chi connectivity index (χ0) is 13.8. The number of halogens is 1. The first-order valence-corrected chi connectivity index (χ1v) is 6.73. The molecule has 0 N–H and O–H groups in total. The molecule has 2 rings (SSSR count). The summed E-state index contributed by atoms with van der Waals surface area (Å²) < 4.78 is 18.4. The Morgan fingerprint density at radius 2 is 2.21 bits per heavy atom. The average molecular weight is 265 g/mol. The number of nitrogens with zero attached hydrogens (tertiary/aromatic N) is 1. The predicted octanol–water partition coefficient (Wildman–Crippen LogP) is 2.75. The van der Waals surface area contributed by atoms with Crippen LogP contribution < -0.4 is 4.74 Å². The number of ketones is 1. The molecule has 104 valence electrons. The first-order chi connectivity index (χ1) is 9.13. The number of carbonyl (C=O) groups excluding carboxylic acids is 1. The molecule has 0 aliphatic heterocycles. The molecule has 0 bridgehead atoms. The topological polar surface area (TPSA) is 29.5 Å². The van der Waals surface area contributed by atoms with E-state index in [0.29, 0.717) is 17.9 Å². The van der Waals surface area contributed by atoms with Gasteiger partial charge in [0.25, 0.3) is 0 Å². The van der Waals surface area contributed by atoms with Gasteiger partial charge in [-0.1, -0.05) is 6.92 Å². The van der Waals surface area contributed by atoms with Crippen LogP contribution in [-0.2, 0) is 0 Å². The lowest BCUT2D eigenvalue weighted by atomic mass is 10.1. The highest BCUT2D eigenvalue weighted by molar-refractivity contribution is 6.00. The van der Waals surface area contributed by atoms with Gasteiger partial charge >= 0.3 is 0 Å². The largest absolute Gasteiger partial charge is 0.496 e. The fraction of sp³-hybridized carbons (Fsp3) is 0.533. The summed E-state index contributed by atoms with van der Waals surface area (Å²) in [5.41, 5.74) is 0.330. The van der Waals surface area contributed by atoms with Crippen molar-refractivity contribution in [1.82, 2.24) is 4.90 Å². The quantitative estimate of drug-likeness (QED) is 0.710. The van der Waals surface area contributed by atoms with Crippen LogP contribution in [0.15, 0.2) is 18.2 Å². The molecule has 0 radical (unpaired) electrons. The van der Waals surface area contributed by atoms with E-state index < -0.39 is 5.82 Å². The molecule has 0 unspecified atom stereocenters. The van der Waals surface area contributed by atoms with Crippen molar-refractivity contribution in [2.75, 3.05) is 26.7 Å². The molecule has 0 amide bonds. The second-order valence-electron chi connectivity index (χ2n) is 5.04. The fourth-order valence-corrected chi connectivity index (χ4v) is 2.16. The first-order valence-electron chi connectivity index (χ1n) is 6.73. The Balaban J connectivity index is 2.06. The maximum atomic E-state index is 13.3. The molecule has 0 aromatic heterocycles. The highest BCUT2D eigenvalue weighted by atomic mass is 19.1. The van der Waals surface area contributed by atoms with Gasteiger partial charge in [0.15, 0.2) is 5.78 Å². The molecular formula is C15H20FNO2. The standard InChI is InChI=1S/C15H20FNO2/c1-3-17(9-11-4-5-11)10-14(18)13-8-12(16)6-7-15(13)19-2/h6-8,11H,3-5,9-10H2,1-2H3. The predicted molar refractivity (Wildman–Crippen MR) is 72.1 cm³/mol. The average Bonchev–Trinajstić information content (AvgIpc) is 3.21. The zero-order valence-electron chi connectivity index (χ0n) is 11.5. The van der Waals surface area contributed by atoms with E-state index in [2.05, 4.69) is 4.90 Å². The Kier molecular flexibility index (Phi) is 4.53. The lowest BCUT2D eigenvalue weighted by Gasteiger charge is -2.19. The Bertz CT molecular complexity index is 457. The van der Waals surface area contributed by atoms with Crippen molar-refractivity contribution in [3.8, 4) is 5.75 Å². The minimum absolute atomic E-state index is 0.0844. The molecule has 0 atom stereocenters. The number of ether oxygens (including phenoxy) is 1. The molecule has 19 heavy (non-hydrogen) atoms. The monoisotopic (exact) mass is 265 g/mol. The maximum absolute atomic E-state index is 13.3. The van der Waals surface area contributed by atoms with Crippen LogP contribution in [0.3, 0.4) is 0 Å². The smallest absolute Gasteiger partial charge is 0.180 e. The van der Waals surface area contributed by atoms with E-state index in [1.807, 2.05) is 6.92 Å².